The summed E-state index contributed by atoms with van der Waals surface area (Å²) in [7, 11) is -14.2. The first-order valence-electron chi connectivity index (χ1n) is 16.3. The van der Waals surface area contributed by atoms with E-state index in [-0.39, 0.29) is 6.60 Å². The van der Waals surface area contributed by atoms with E-state index in [1.807, 2.05) is 7.06 Å². The third-order valence-corrected chi connectivity index (χ3v) is 34.5. The van der Waals surface area contributed by atoms with Crippen molar-refractivity contribution < 1.29 is 33.6 Å². The Morgan fingerprint density at radius 3 is 1.27 bits per heavy atom. The van der Waals surface area contributed by atoms with Gasteiger partial charge in [-0.3, -0.25) is 0 Å². The summed E-state index contributed by atoms with van der Waals surface area (Å²) in [5.41, 5.74) is 0. The summed E-state index contributed by atoms with van der Waals surface area (Å²) in [5.74, 6) is 0.844. The molecular formula is C24H68B3O8Si9. The second-order valence-corrected chi connectivity index (χ2v) is 54.7. The highest BCUT2D eigenvalue weighted by atomic mass is 28.5. The smallest absolute Gasteiger partial charge is 0.396 e. The van der Waals surface area contributed by atoms with E-state index < -0.39 is 76.3 Å². The molecule has 0 amide bonds. The first kappa shape index (κ1) is 45.8. The minimum atomic E-state index is -3.77. The first-order valence-corrected chi connectivity index (χ1v) is 42.6. The van der Waals surface area contributed by atoms with Crippen LogP contribution in [0.2, 0.25) is 142 Å². The summed E-state index contributed by atoms with van der Waals surface area (Å²) in [6.45, 7) is 41.0. The van der Waals surface area contributed by atoms with Crippen LogP contribution in [0.4, 0.5) is 0 Å². The molecule has 0 bridgehead atoms. The molecule has 1 atom stereocenters. The standard InChI is InChI=1S/C24H68B3O8Si9/c1-20-40(14,15)33-43(28,29-36(2,3)4)34-41(16,17)23-21-22-27(26-25)24-42(18,19)35-44(30-37(5,6)7,31-38(8,9)10)32-39(11,12)13/h28H,20-24H2,1-19H3. The maximum Gasteiger partial charge on any atom is 0.644 e. The third-order valence-electron chi connectivity index (χ3n) is 6.17. The molecule has 8 nitrogen and oxygen atoms in total. The molecular weight excluding hydrogens is 701 g/mol. The zero-order valence-electron chi connectivity index (χ0n) is 32.1. The van der Waals surface area contributed by atoms with Crippen LogP contribution in [0.15, 0.2) is 0 Å². The van der Waals surface area contributed by atoms with Crippen LogP contribution in [0, 0.1) is 0 Å². The van der Waals surface area contributed by atoms with E-state index in [0.717, 1.165) is 30.8 Å². The Labute approximate surface area is 285 Å². The summed E-state index contributed by atoms with van der Waals surface area (Å²) in [6, 6.07) is 1.76. The van der Waals surface area contributed by atoms with Gasteiger partial charge in [0.05, 0.1) is 6.60 Å². The molecule has 20 heteroatoms. The van der Waals surface area contributed by atoms with E-state index >= 15 is 0 Å². The van der Waals surface area contributed by atoms with Gasteiger partial charge in [0.25, 0.3) is 0 Å². The topological polar surface area (TPSA) is 84.8 Å². The minimum Gasteiger partial charge on any atom is -0.396 e. The van der Waals surface area contributed by atoms with Gasteiger partial charge in [-0.2, -0.15) is 0 Å². The van der Waals surface area contributed by atoms with Gasteiger partial charge in [0.2, 0.25) is 0 Å². The molecule has 0 aliphatic carbocycles. The van der Waals surface area contributed by atoms with Crippen molar-refractivity contribution in [2.75, 3.05) is 0 Å². The molecule has 0 fully saturated rings. The van der Waals surface area contributed by atoms with Crippen LogP contribution in [0.1, 0.15) is 13.3 Å². The number of hydrogen-bond donors (Lipinski definition) is 1. The van der Waals surface area contributed by atoms with Gasteiger partial charge in [0.15, 0.2) is 58.2 Å². The Balaban J connectivity index is 5.82. The van der Waals surface area contributed by atoms with E-state index in [4.69, 9.17) is 36.5 Å². The van der Waals surface area contributed by atoms with Crippen LogP contribution >= 0.6 is 0 Å². The monoisotopic (exact) mass is 769 g/mol. The van der Waals surface area contributed by atoms with Gasteiger partial charge < -0.3 is 33.6 Å². The maximum absolute atomic E-state index is 11.6. The lowest BCUT2D eigenvalue weighted by molar-refractivity contribution is 0.139. The van der Waals surface area contributed by atoms with E-state index in [0.29, 0.717) is 0 Å². The normalized spacial score (nSPS) is 16.2. The lowest BCUT2D eigenvalue weighted by Crippen LogP contribution is -2.66. The summed E-state index contributed by atoms with van der Waals surface area (Å²) in [6.07, 6.45) is 1.84. The van der Waals surface area contributed by atoms with Crippen LogP contribution in [-0.2, 0) is 28.8 Å². The van der Waals surface area contributed by atoms with Crippen LogP contribution in [0.3, 0.4) is 0 Å². The second-order valence-electron chi connectivity index (χ2n) is 17.9. The number of hydrogen-bond acceptors (Lipinski definition) is 8. The van der Waals surface area contributed by atoms with E-state index in [2.05, 4.69) is 125 Å². The molecule has 0 aliphatic rings. The highest BCUT2D eigenvalue weighted by Crippen LogP contribution is 2.32. The summed E-state index contributed by atoms with van der Waals surface area (Å²) >= 11 is 0. The summed E-state index contributed by atoms with van der Waals surface area (Å²) < 4.78 is 46.6. The Hall–Kier alpha value is 1.83. The molecule has 0 saturated carbocycles. The SMILES string of the molecule is [B][B]B(CCC[Si](C)(C)O[Si](O)(O[Si](C)(C)C)O[Si](C)(C)CC)C[Si](C)(C)O[Si](O[Si](C)(C)C)(O[Si](C)(C)C)O[Si](C)(C)C. The highest BCUT2D eigenvalue weighted by molar-refractivity contribution is 7.33. The Morgan fingerprint density at radius 1 is 0.545 bits per heavy atom. The summed E-state index contributed by atoms with van der Waals surface area (Å²) in [4.78, 5) is 11.6. The molecule has 1 unspecified atom stereocenters. The Morgan fingerprint density at radius 2 is 0.932 bits per heavy atom. The molecule has 44 heavy (non-hydrogen) atoms. The van der Waals surface area contributed by atoms with E-state index in [1.165, 1.54) is 0 Å². The molecule has 0 spiro atoms. The van der Waals surface area contributed by atoms with Gasteiger partial charge >= 0.3 is 18.1 Å². The number of rotatable bonds is 22. The van der Waals surface area contributed by atoms with Crippen LogP contribution in [0.5, 0.6) is 0 Å². The van der Waals surface area contributed by atoms with Crippen molar-refractivity contribution in [3.05, 3.63) is 0 Å². The molecule has 0 rings (SSSR count). The lowest BCUT2D eigenvalue weighted by Gasteiger charge is -2.44. The largest absolute Gasteiger partial charge is 0.644 e. The van der Waals surface area contributed by atoms with Crippen LogP contribution in [-0.4, -0.2) is 103 Å². The fourth-order valence-corrected chi connectivity index (χ4v) is 33.8. The van der Waals surface area contributed by atoms with Gasteiger partial charge in [0.1, 0.15) is 0 Å². The van der Waals surface area contributed by atoms with Gasteiger partial charge in [-0.25, -0.2) is 0 Å². The van der Waals surface area contributed by atoms with Crippen LogP contribution in [0.25, 0.3) is 0 Å². The quantitative estimate of drug-likeness (QED) is 0.113. The molecule has 3 radical (unpaired) electrons. The predicted octanol–water partition coefficient (Wildman–Crippen LogP) is 7.65. The molecule has 257 valence electrons. The van der Waals surface area contributed by atoms with Crippen LogP contribution < -0.4 is 0 Å². The van der Waals surface area contributed by atoms with Crippen molar-refractivity contribution >= 4 is 97.7 Å². The molecule has 0 aromatic heterocycles. The van der Waals surface area contributed by atoms with Gasteiger partial charge in [0, 0.05) is 14.8 Å². The Kier molecular flexibility index (Phi) is 17.4. The van der Waals surface area contributed by atoms with Gasteiger partial charge in [-0.1, -0.05) is 25.6 Å². The van der Waals surface area contributed by atoms with Crippen molar-refractivity contribution in [1.82, 2.24) is 0 Å². The fraction of sp³-hybridized carbons (Fsp3) is 1.00. The van der Waals surface area contributed by atoms with E-state index in [9.17, 15) is 4.80 Å². The van der Waals surface area contributed by atoms with Crippen molar-refractivity contribution in [2.45, 2.75) is 156 Å². The average molecular weight is 770 g/mol. The van der Waals surface area contributed by atoms with Gasteiger partial charge in [-0.05, 0) is 130 Å². The molecule has 0 saturated heterocycles. The Bertz CT molecular complexity index is 838. The van der Waals surface area contributed by atoms with Crippen molar-refractivity contribution in [3.63, 3.8) is 0 Å². The maximum atomic E-state index is 11.6. The third kappa shape index (κ3) is 21.7. The molecule has 0 aromatic carbocycles. The molecule has 1 N–H and O–H groups in total. The molecule has 0 aliphatic heterocycles. The summed E-state index contributed by atoms with van der Waals surface area (Å²) in [5, 5.41) is 0. The molecule has 0 aromatic rings. The van der Waals surface area contributed by atoms with Crippen molar-refractivity contribution in [1.29, 1.82) is 0 Å². The second kappa shape index (κ2) is 16.7. The first-order chi connectivity index (χ1) is 19.1. The van der Waals surface area contributed by atoms with Crippen molar-refractivity contribution in [3.8, 4) is 0 Å². The lowest BCUT2D eigenvalue weighted by atomic mass is 9.13. The van der Waals surface area contributed by atoms with Gasteiger partial charge in [-0.15, -0.1) is 0 Å². The highest BCUT2D eigenvalue weighted by Gasteiger charge is 2.57. The van der Waals surface area contributed by atoms with E-state index in [1.54, 1.807) is 0 Å². The zero-order valence-corrected chi connectivity index (χ0v) is 41.1. The molecule has 0 heterocycles. The average Bonchev–Trinajstić information content (AvgIpc) is 2.64. The fourth-order valence-electron chi connectivity index (χ4n) is 4.59. The predicted molar refractivity (Wildman–Crippen MR) is 214 cm³/mol. The van der Waals surface area contributed by atoms with Crippen molar-refractivity contribution in [2.24, 2.45) is 0 Å². The minimum absolute atomic E-state index is 0.177. The zero-order chi connectivity index (χ0) is 35.3.